The summed E-state index contributed by atoms with van der Waals surface area (Å²) in [5.74, 6) is 0.350. The summed E-state index contributed by atoms with van der Waals surface area (Å²) >= 11 is 0.953. The number of carbonyl (C=O) groups excluding carboxylic acids is 1. The number of nitrogens with zero attached hydrogens (tertiary/aromatic N) is 1. The highest BCUT2D eigenvalue weighted by molar-refractivity contribution is 7.92. The molecule has 0 unspecified atom stereocenters. The van der Waals surface area contributed by atoms with Crippen LogP contribution in [0.5, 0.6) is 5.75 Å². The SMILES string of the molecule is COc1cccc(C2(F)CCN(C(=O)c3ccc(S(C)(=O)=O)s3)CC2)c1. The molecule has 0 atom stereocenters. The van der Waals surface area contributed by atoms with Crippen LogP contribution >= 0.6 is 11.3 Å². The summed E-state index contributed by atoms with van der Waals surface area (Å²) in [4.78, 5) is 14.5. The molecule has 0 saturated carbocycles. The Morgan fingerprint density at radius 1 is 1.23 bits per heavy atom. The van der Waals surface area contributed by atoms with E-state index in [9.17, 15) is 13.2 Å². The van der Waals surface area contributed by atoms with Crippen molar-refractivity contribution in [3.8, 4) is 5.75 Å². The van der Waals surface area contributed by atoms with Crippen LogP contribution in [0, 0.1) is 0 Å². The van der Waals surface area contributed by atoms with Crippen molar-refractivity contribution in [2.24, 2.45) is 0 Å². The molecule has 2 aromatic rings. The molecule has 0 aliphatic carbocycles. The molecular formula is C18H20FNO4S2. The highest BCUT2D eigenvalue weighted by atomic mass is 32.2. The summed E-state index contributed by atoms with van der Waals surface area (Å²) in [7, 11) is -1.79. The predicted molar refractivity (Wildman–Crippen MR) is 98.3 cm³/mol. The number of piperidine rings is 1. The minimum absolute atomic E-state index is 0.161. The van der Waals surface area contributed by atoms with Gasteiger partial charge in [-0.1, -0.05) is 12.1 Å². The number of amides is 1. The maximum Gasteiger partial charge on any atom is 0.263 e. The zero-order valence-corrected chi connectivity index (χ0v) is 16.2. The van der Waals surface area contributed by atoms with E-state index >= 15 is 4.39 Å². The van der Waals surface area contributed by atoms with Crippen molar-refractivity contribution in [1.29, 1.82) is 0 Å². The third-order valence-electron chi connectivity index (χ3n) is 4.59. The third kappa shape index (κ3) is 3.76. The largest absolute Gasteiger partial charge is 0.497 e. The zero-order chi connectivity index (χ0) is 18.9. The number of carbonyl (C=O) groups is 1. The van der Waals surface area contributed by atoms with Gasteiger partial charge in [-0.15, -0.1) is 11.3 Å². The van der Waals surface area contributed by atoms with Crippen LogP contribution in [0.4, 0.5) is 4.39 Å². The van der Waals surface area contributed by atoms with Crippen molar-refractivity contribution in [2.45, 2.75) is 22.7 Å². The molecule has 26 heavy (non-hydrogen) atoms. The van der Waals surface area contributed by atoms with Gasteiger partial charge < -0.3 is 9.64 Å². The maximum absolute atomic E-state index is 15.4. The van der Waals surface area contributed by atoms with Gasteiger partial charge in [-0.25, -0.2) is 12.8 Å². The molecule has 1 amide bonds. The molecule has 0 radical (unpaired) electrons. The van der Waals surface area contributed by atoms with Gasteiger partial charge in [0.05, 0.1) is 12.0 Å². The Labute approximate surface area is 156 Å². The number of alkyl halides is 1. The number of halogens is 1. The molecule has 1 aromatic heterocycles. The van der Waals surface area contributed by atoms with Gasteiger partial charge in [0.25, 0.3) is 5.91 Å². The number of likely N-dealkylation sites (tertiary alicyclic amines) is 1. The Morgan fingerprint density at radius 2 is 1.92 bits per heavy atom. The van der Waals surface area contributed by atoms with Crippen molar-refractivity contribution in [3.63, 3.8) is 0 Å². The summed E-state index contributed by atoms with van der Waals surface area (Å²) in [5.41, 5.74) is -0.946. The Morgan fingerprint density at radius 3 is 2.50 bits per heavy atom. The van der Waals surface area contributed by atoms with Crippen molar-refractivity contribution in [3.05, 3.63) is 46.8 Å². The van der Waals surface area contributed by atoms with Crippen LogP contribution in [0.2, 0.25) is 0 Å². The molecular weight excluding hydrogens is 377 g/mol. The van der Waals surface area contributed by atoms with Crippen LogP contribution < -0.4 is 4.74 Å². The average molecular weight is 397 g/mol. The normalized spacial score (nSPS) is 17.1. The maximum atomic E-state index is 15.4. The molecule has 2 heterocycles. The second-order valence-corrected chi connectivity index (χ2v) is 9.71. The molecule has 1 saturated heterocycles. The lowest BCUT2D eigenvalue weighted by Gasteiger charge is -2.36. The number of rotatable bonds is 4. The number of hydrogen-bond acceptors (Lipinski definition) is 5. The fourth-order valence-corrected chi connectivity index (χ4v) is 4.94. The number of ether oxygens (including phenoxy) is 1. The Bertz CT molecular complexity index is 915. The third-order valence-corrected chi connectivity index (χ3v) is 7.48. The van der Waals surface area contributed by atoms with E-state index in [1.54, 1.807) is 29.2 Å². The van der Waals surface area contributed by atoms with Gasteiger partial charge in [0.2, 0.25) is 0 Å². The number of thiophene rings is 1. The van der Waals surface area contributed by atoms with Crippen LogP contribution in [-0.2, 0) is 15.5 Å². The van der Waals surface area contributed by atoms with Gasteiger partial charge in [-0.2, -0.15) is 0 Å². The van der Waals surface area contributed by atoms with E-state index in [4.69, 9.17) is 4.74 Å². The average Bonchev–Trinajstić information content (AvgIpc) is 3.12. The lowest BCUT2D eigenvalue weighted by Crippen LogP contribution is -2.43. The summed E-state index contributed by atoms with van der Waals surface area (Å²) in [6.45, 7) is 0.553. The molecule has 3 rings (SSSR count). The molecule has 5 nitrogen and oxygen atoms in total. The number of hydrogen-bond donors (Lipinski definition) is 0. The number of methoxy groups -OCH3 is 1. The van der Waals surface area contributed by atoms with E-state index in [0.29, 0.717) is 16.2 Å². The lowest BCUT2D eigenvalue weighted by atomic mass is 9.86. The summed E-state index contributed by atoms with van der Waals surface area (Å²) in [6.07, 6.45) is 1.49. The first-order valence-corrected chi connectivity index (χ1v) is 10.9. The molecule has 1 aromatic carbocycles. The molecule has 140 valence electrons. The highest BCUT2D eigenvalue weighted by Gasteiger charge is 2.38. The molecule has 0 spiro atoms. The van der Waals surface area contributed by atoms with E-state index in [1.807, 2.05) is 0 Å². The van der Waals surface area contributed by atoms with E-state index in [0.717, 1.165) is 17.6 Å². The zero-order valence-electron chi connectivity index (χ0n) is 14.6. The molecule has 1 aliphatic rings. The van der Waals surface area contributed by atoms with Crippen LogP contribution in [0.3, 0.4) is 0 Å². The summed E-state index contributed by atoms with van der Waals surface area (Å²) < 4.78 is 43.8. The van der Waals surface area contributed by atoms with Crippen molar-refractivity contribution in [2.75, 3.05) is 26.5 Å². The van der Waals surface area contributed by atoms with Crippen LogP contribution in [0.1, 0.15) is 28.1 Å². The fraction of sp³-hybridized carbons (Fsp3) is 0.389. The van der Waals surface area contributed by atoms with E-state index in [-0.39, 0.29) is 36.0 Å². The van der Waals surface area contributed by atoms with Gasteiger partial charge in [-0.05, 0) is 29.8 Å². The minimum Gasteiger partial charge on any atom is -0.497 e. The van der Waals surface area contributed by atoms with Crippen molar-refractivity contribution >= 4 is 27.1 Å². The van der Waals surface area contributed by atoms with E-state index < -0.39 is 15.5 Å². The number of benzene rings is 1. The minimum atomic E-state index is -3.33. The van der Waals surface area contributed by atoms with Gasteiger partial charge in [0.15, 0.2) is 9.84 Å². The second kappa shape index (κ2) is 7.00. The van der Waals surface area contributed by atoms with Gasteiger partial charge >= 0.3 is 0 Å². The Balaban J connectivity index is 1.71. The summed E-state index contributed by atoms with van der Waals surface area (Å²) in [5, 5.41) is 0. The number of sulfone groups is 1. The standard InChI is InChI=1S/C18H20FNO4S2/c1-24-14-5-3-4-13(12-14)18(19)8-10-20(11-9-18)17(21)15-6-7-16(25-15)26(2,22)23/h3-7,12H,8-11H2,1-2H3. The molecule has 0 bridgehead atoms. The molecule has 1 aliphatic heterocycles. The molecule has 8 heteroatoms. The van der Waals surface area contributed by atoms with Crippen LogP contribution in [-0.4, -0.2) is 45.7 Å². The van der Waals surface area contributed by atoms with Crippen LogP contribution in [0.15, 0.2) is 40.6 Å². The van der Waals surface area contributed by atoms with Crippen LogP contribution in [0.25, 0.3) is 0 Å². The Kier molecular flexibility index (Phi) is 5.07. The van der Waals surface area contributed by atoms with Crippen molar-refractivity contribution < 1.29 is 22.3 Å². The van der Waals surface area contributed by atoms with Gasteiger partial charge in [-0.3, -0.25) is 4.79 Å². The second-order valence-electron chi connectivity index (χ2n) is 6.38. The van der Waals surface area contributed by atoms with E-state index in [2.05, 4.69) is 0 Å². The highest BCUT2D eigenvalue weighted by Crippen LogP contribution is 2.38. The predicted octanol–water partition coefficient (Wildman–Crippen LogP) is 3.26. The van der Waals surface area contributed by atoms with Crippen molar-refractivity contribution in [1.82, 2.24) is 4.90 Å². The smallest absolute Gasteiger partial charge is 0.263 e. The summed E-state index contributed by atoms with van der Waals surface area (Å²) in [6, 6.07) is 9.90. The van der Waals surface area contributed by atoms with Gasteiger partial charge in [0.1, 0.15) is 15.6 Å². The first kappa shape index (κ1) is 18.8. The first-order chi connectivity index (χ1) is 12.2. The topological polar surface area (TPSA) is 63.7 Å². The molecule has 0 N–H and O–H groups in total. The molecule has 1 fully saturated rings. The quantitative estimate of drug-likeness (QED) is 0.794. The Hall–Kier alpha value is -1.93. The van der Waals surface area contributed by atoms with E-state index in [1.165, 1.54) is 19.2 Å². The monoisotopic (exact) mass is 397 g/mol. The fourth-order valence-electron chi connectivity index (χ4n) is 3.04. The first-order valence-electron chi connectivity index (χ1n) is 8.15. The van der Waals surface area contributed by atoms with Gasteiger partial charge in [0, 0.05) is 32.2 Å². The lowest BCUT2D eigenvalue weighted by molar-refractivity contribution is 0.0424.